The summed E-state index contributed by atoms with van der Waals surface area (Å²) in [6.07, 6.45) is 11.2. The fourth-order valence-electron chi connectivity index (χ4n) is 8.92. The molecule has 9 atom stereocenters. The number of rotatable bonds is 3. The molecule has 5 rings (SSSR count). The van der Waals surface area contributed by atoms with Crippen LogP contribution >= 0.6 is 0 Å². The third kappa shape index (κ3) is 3.75. The highest BCUT2D eigenvalue weighted by molar-refractivity contribution is 5.94. The first-order valence-electron chi connectivity index (χ1n) is 12.9. The van der Waals surface area contributed by atoms with Crippen molar-refractivity contribution in [1.82, 2.24) is 5.32 Å². The minimum absolute atomic E-state index is 0.0728. The smallest absolute Gasteiger partial charge is 0.251 e. The lowest BCUT2D eigenvalue weighted by molar-refractivity contribution is -0.101. The van der Waals surface area contributed by atoms with Crippen molar-refractivity contribution in [2.24, 2.45) is 40.9 Å². The summed E-state index contributed by atoms with van der Waals surface area (Å²) in [5.41, 5.74) is 0.698. The number of nitrogens with one attached hydrogen (secondary N) is 1. The number of carbonyl (C=O) groups is 1. The molecular weight excluding hydrogens is 382 g/mol. The van der Waals surface area contributed by atoms with Crippen LogP contribution < -0.4 is 5.32 Å². The van der Waals surface area contributed by atoms with Crippen LogP contribution in [0.15, 0.2) is 30.3 Å². The van der Waals surface area contributed by atoms with Gasteiger partial charge in [-0.25, -0.2) is 0 Å². The van der Waals surface area contributed by atoms with E-state index >= 15 is 0 Å². The highest BCUT2D eigenvalue weighted by Crippen LogP contribution is 2.65. The fourth-order valence-corrected chi connectivity index (χ4v) is 8.92. The van der Waals surface area contributed by atoms with Crippen molar-refractivity contribution in [1.29, 1.82) is 0 Å². The SMILES string of the molecule is C[C@H](NC(=O)c1ccccc1)[C@H]1CCC2[C@@H]3CC[C@@H]4C[C@](C)(O)CC[C@@H]4C3CC[C@@]21C. The molecule has 0 aromatic heterocycles. The number of benzene rings is 1. The molecule has 0 radical (unpaired) electrons. The zero-order valence-electron chi connectivity index (χ0n) is 19.6. The van der Waals surface area contributed by atoms with Crippen molar-refractivity contribution in [2.45, 2.75) is 90.2 Å². The summed E-state index contributed by atoms with van der Waals surface area (Å²) in [4.78, 5) is 12.8. The van der Waals surface area contributed by atoms with Gasteiger partial charge in [0.2, 0.25) is 0 Å². The molecule has 0 saturated heterocycles. The molecule has 170 valence electrons. The third-order valence-corrected chi connectivity index (χ3v) is 10.3. The molecule has 0 spiro atoms. The maximum atomic E-state index is 12.8. The summed E-state index contributed by atoms with van der Waals surface area (Å²) < 4.78 is 0. The van der Waals surface area contributed by atoms with E-state index in [9.17, 15) is 9.90 Å². The molecule has 1 aromatic rings. The quantitative estimate of drug-likeness (QED) is 0.643. The van der Waals surface area contributed by atoms with Gasteiger partial charge in [-0.05, 0) is 125 Å². The molecule has 4 fully saturated rings. The van der Waals surface area contributed by atoms with Gasteiger partial charge in [0, 0.05) is 11.6 Å². The molecule has 4 aliphatic rings. The molecule has 4 aliphatic carbocycles. The first-order chi connectivity index (χ1) is 14.8. The molecule has 2 N–H and O–H groups in total. The van der Waals surface area contributed by atoms with E-state index < -0.39 is 5.60 Å². The Morgan fingerprint density at radius 1 is 0.968 bits per heavy atom. The number of hydrogen-bond acceptors (Lipinski definition) is 2. The van der Waals surface area contributed by atoms with E-state index in [4.69, 9.17) is 0 Å². The van der Waals surface area contributed by atoms with Crippen LogP contribution in [0, 0.1) is 40.9 Å². The van der Waals surface area contributed by atoms with Crippen LogP contribution in [0.1, 0.15) is 88.9 Å². The Morgan fingerprint density at radius 3 is 2.48 bits per heavy atom. The van der Waals surface area contributed by atoms with Crippen molar-refractivity contribution >= 4 is 5.91 Å². The summed E-state index contributed by atoms with van der Waals surface area (Å²) in [7, 11) is 0. The van der Waals surface area contributed by atoms with Crippen LogP contribution in [0.5, 0.6) is 0 Å². The molecule has 2 unspecified atom stereocenters. The van der Waals surface area contributed by atoms with Gasteiger partial charge in [0.1, 0.15) is 0 Å². The van der Waals surface area contributed by atoms with Gasteiger partial charge in [0.15, 0.2) is 0 Å². The van der Waals surface area contributed by atoms with Crippen LogP contribution in [0.25, 0.3) is 0 Å². The maximum absolute atomic E-state index is 12.8. The van der Waals surface area contributed by atoms with Crippen LogP contribution in [-0.4, -0.2) is 22.7 Å². The largest absolute Gasteiger partial charge is 0.390 e. The van der Waals surface area contributed by atoms with Crippen LogP contribution in [0.3, 0.4) is 0 Å². The second kappa shape index (κ2) is 7.90. The minimum Gasteiger partial charge on any atom is -0.390 e. The zero-order chi connectivity index (χ0) is 21.8. The Hall–Kier alpha value is -1.35. The topological polar surface area (TPSA) is 49.3 Å². The number of aliphatic hydroxyl groups is 1. The highest BCUT2D eigenvalue weighted by atomic mass is 16.3. The summed E-state index contributed by atoms with van der Waals surface area (Å²) in [5.74, 6) is 4.80. The van der Waals surface area contributed by atoms with Gasteiger partial charge >= 0.3 is 0 Å². The average Bonchev–Trinajstić information content (AvgIpc) is 3.10. The minimum atomic E-state index is -0.429. The summed E-state index contributed by atoms with van der Waals surface area (Å²) in [6.45, 7) is 6.85. The van der Waals surface area contributed by atoms with Gasteiger partial charge in [-0.3, -0.25) is 4.79 Å². The number of amides is 1. The Labute approximate surface area is 188 Å². The molecule has 4 saturated carbocycles. The van der Waals surface area contributed by atoms with Crippen molar-refractivity contribution in [3.8, 4) is 0 Å². The number of fused-ring (bicyclic) bond motifs is 5. The maximum Gasteiger partial charge on any atom is 0.251 e. The normalized spacial score (nSPS) is 45.2. The van der Waals surface area contributed by atoms with Gasteiger partial charge in [-0.15, -0.1) is 0 Å². The Morgan fingerprint density at radius 2 is 1.71 bits per heavy atom. The van der Waals surface area contributed by atoms with E-state index in [0.717, 1.165) is 48.0 Å². The molecule has 31 heavy (non-hydrogen) atoms. The van der Waals surface area contributed by atoms with Crippen molar-refractivity contribution in [2.75, 3.05) is 0 Å². The highest BCUT2D eigenvalue weighted by Gasteiger charge is 2.58. The molecule has 3 heteroatoms. The predicted octanol–water partition coefficient (Wildman–Crippen LogP) is 5.82. The van der Waals surface area contributed by atoms with Crippen LogP contribution in [0.4, 0.5) is 0 Å². The van der Waals surface area contributed by atoms with E-state index in [0.29, 0.717) is 11.3 Å². The third-order valence-electron chi connectivity index (χ3n) is 10.3. The summed E-state index contributed by atoms with van der Waals surface area (Å²) in [5, 5.41) is 14.0. The molecule has 0 aliphatic heterocycles. The predicted molar refractivity (Wildman–Crippen MR) is 125 cm³/mol. The Bertz CT molecular complexity index is 804. The van der Waals surface area contributed by atoms with E-state index in [1.165, 1.54) is 44.9 Å². The van der Waals surface area contributed by atoms with Gasteiger partial charge in [-0.2, -0.15) is 0 Å². The summed E-state index contributed by atoms with van der Waals surface area (Å²) >= 11 is 0. The van der Waals surface area contributed by atoms with Gasteiger partial charge in [0.25, 0.3) is 5.91 Å². The lowest BCUT2D eigenvalue weighted by Gasteiger charge is -2.57. The number of carbonyl (C=O) groups excluding carboxylic acids is 1. The Kier molecular flexibility index (Phi) is 5.48. The molecular formula is C28H41NO2. The van der Waals surface area contributed by atoms with Gasteiger partial charge in [-0.1, -0.05) is 25.1 Å². The first-order valence-corrected chi connectivity index (χ1v) is 12.9. The summed E-state index contributed by atoms with van der Waals surface area (Å²) in [6, 6.07) is 9.88. The van der Waals surface area contributed by atoms with Crippen molar-refractivity contribution in [3.05, 3.63) is 35.9 Å². The van der Waals surface area contributed by atoms with Gasteiger partial charge in [0.05, 0.1) is 5.60 Å². The van der Waals surface area contributed by atoms with Gasteiger partial charge < -0.3 is 10.4 Å². The van der Waals surface area contributed by atoms with E-state index in [2.05, 4.69) is 26.1 Å². The van der Waals surface area contributed by atoms with E-state index in [-0.39, 0.29) is 11.9 Å². The van der Waals surface area contributed by atoms with Crippen LogP contribution in [0.2, 0.25) is 0 Å². The monoisotopic (exact) mass is 423 g/mol. The second-order valence-corrected chi connectivity index (χ2v) is 12.0. The fraction of sp³-hybridized carbons (Fsp3) is 0.750. The molecule has 3 nitrogen and oxygen atoms in total. The molecule has 1 amide bonds. The van der Waals surface area contributed by atoms with Crippen molar-refractivity contribution < 1.29 is 9.90 Å². The molecule has 0 heterocycles. The standard InChI is InChI=1S/C28H41NO2/c1-18(29-26(30)19-7-5-4-6-8-19)24-11-12-25-23-10-9-20-17-27(2,31)15-13-21(20)22(23)14-16-28(24,25)3/h4-8,18,20-25,31H,9-17H2,1-3H3,(H,29,30)/t18-,20+,21-,22?,23+,24+,25?,27+,28+/m0/s1. The second-order valence-electron chi connectivity index (χ2n) is 12.0. The Balaban J connectivity index is 1.28. The number of hydrogen-bond donors (Lipinski definition) is 2. The lowest BCUT2D eigenvalue weighted by Crippen LogP contribution is -2.52. The van der Waals surface area contributed by atoms with Crippen molar-refractivity contribution in [3.63, 3.8) is 0 Å². The lowest BCUT2D eigenvalue weighted by atomic mass is 9.49. The molecule has 0 bridgehead atoms. The zero-order valence-corrected chi connectivity index (χ0v) is 19.6. The first kappa shape index (κ1) is 21.5. The van der Waals surface area contributed by atoms with E-state index in [1.54, 1.807) is 0 Å². The van der Waals surface area contributed by atoms with E-state index in [1.807, 2.05) is 30.3 Å². The average molecular weight is 424 g/mol. The van der Waals surface area contributed by atoms with Crippen LogP contribution in [-0.2, 0) is 0 Å². The molecule has 1 aromatic carbocycles.